The maximum absolute atomic E-state index is 6.15. The van der Waals surface area contributed by atoms with E-state index in [0.717, 1.165) is 49.0 Å². The number of nitrogens with zero attached hydrogens (tertiary/aromatic N) is 2. The lowest BCUT2D eigenvalue weighted by Gasteiger charge is -2.32. The van der Waals surface area contributed by atoms with Crippen molar-refractivity contribution in [3.8, 4) is 0 Å². The molecule has 0 atom stereocenters. The Balaban J connectivity index is 2.00. The van der Waals surface area contributed by atoms with Crippen LogP contribution in [-0.2, 0) is 6.54 Å². The van der Waals surface area contributed by atoms with E-state index in [4.69, 9.17) is 17.3 Å². The summed E-state index contributed by atoms with van der Waals surface area (Å²) in [5.41, 5.74) is 7.69. The molecule has 2 rings (SSSR count). The number of anilines is 1. The van der Waals surface area contributed by atoms with Crippen LogP contribution in [0.3, 0.4) is 0 Å². The zero-order chi connectivity index (χ0) is 11.5. The molecule has 1 fully saturated rings. The summed E-state index contributed by atoms with van der Waals surface area (Å²) in [5, 5.41) is 0.813. The maximum Gasteiger partial charge on any atom is 0.0452 e. The van der Waals surface area contributed by atoms with Crippen molar-refractivity contribution in [2.24, 2.45) is 0 Å². The highest BCUT2D eigenvalue weighted by molar-refractivity contribution is 6.31. The van der Waals surface area contributed by atoms with Gasteiger partial charge in [0.25, 0.3) is 0 Å². The zero-order valence-electron chi connectivity index (χ0n) is 9.62. The number of nitrogen functional groups attached to an aromatic ring is 1. The fraction of sp³-hybridized carbons (Fsp3) is 0.500. The van der Waals surface area contributed by atoms with Gasteiger partial charge >= 0.3 is 0 Å². The molecule has 1 aliphatic heterocycles. The van der Waals surface area contributed by atoms with Crippen LogP contribution in [0.1, 0.15) is 5.56 Å². The van der Waals surface area contributed by atoms with Crippen molar-refractivity contribution in [3.63, 3.8) is 0 Å². The molecular weight excluding hydrogens is 222 g/mol. The lowest BCUT2D eigenvalue weighted by atomic mass is 10.1. The molecule has 0 amide bonds. The van der Waals surface area contributed by atoms with Crippen LogP contribution in [0.2, 0.25) is 5.02 Å². The van der Waals surface area contributed by atoms with Gasteiger partial charge in [-0.25, -0.2) is 0 Å². The number of likely N-dealkylation sites (N-methyl/N-ethyl adjacent to an activating group) is 1. The number of nitrogens with two attached hydrogens (primary N) is 1. The van der Waals surface area contributed by atoms with Gasteiger partial charge in [0.05, 0.1) is 0 Å². The van der Waals surface area contributed by atoms with Gasteiger partial charge in [-0.1, -0.05) is 11.6 Å². The Morgan fingerprint density at radius 1 is 1.25 bits per heavy atom. The molecule has 0 radical (unpaired) electrons. The van der Waals surface area contributed by atoms with E-state index in [1.54, 1.807) is 0 Å². The van der Waals surface area contributed by atoms with E-state index >= 15 is 0 Å². The molecule has 0 spiro atoms. The Bertz CT molecular complexity index is 359. The summed E-state index contributed by atoms with van der Waals surface area (Å²) in [6, 6.07) is 5.69. The summed E-state index contributed by atoms with van der Waals surface area (Å²) < 4.78 is 0. The van der Waals surface area contributed by atoms with Crippen molar-refractivity contribution < 1.29 is 0 Å². The highest BCUT2D eigenvalue weighted by Crippen LogP contribution is 2.20. The first-order valence-electron chi connectivity index (χ1n) is 5.60. The smallest absolute Gasteiger partial charge is 0.0452 e. The van der Waals surface area contributed by atoms with Gasteiger partial charge < -0.3 is 10.6 Å². The van der Waals surface area contributed by atoms with Crippen LogP contribution in [0.5, 0.6) is 0 Å². The fourth-order valence-electron chi connectivity index (χ4n) is 1.96. The number of hydrogen-bond donors (Lipinski definition) is 1. The number of piperazine rings is 1. The number of hydrogen-bond acceptors (Lipinski definition) is 3. The summed E-state index contributed by atoms with van der Waals surface area (Å²) >= 11 is 6.15. The third-order valence-corrected chi connectivity index (χ3v) is 3.43. The molecule has 1 heterocycles. The van der Waals surface area contributed by atoms with Gasteiger partial charge in [-0.05, 0) is 30.8 Å². The van der Waals surface area contributed by atoms with Gasteiger partial charge in [0.2, 0.25) is 0 Å². The van der Waals surface area contributed by atoms with Gasteiger partial charge in [0.1, 0.15) is 0 Å². The summed E-state index contributed by atoms with van der Waals surface area (Å²) in [6.45, 7) is 5.35. The van der Waals surface area contributed by atoms with Crippen LogP contribution in [0.25, 0.3) is 0 Å². The summed E-state index contributed by atoms with van der Waals surface area (Å²) in [4.78, 5) is 4.76. The monoisotopic (exact) mass is 239 g/mol. The quantitative estimate of drug-likeness (QED) is 0.797. The SMILES string of the molecule is CN1CCN(Cc2cc(N)ccc2Cl)CC1. The van der Waals surface area contributed by atoms with Gasteiger partial charge in [0.15, 0.2) is 0 Å². The topological polar surface area (TPSA) is 32.5 Å². The van der Waals surface area contributed by atoms with E-state index in [1.807, 2.05) is 18.2 Å². The molecule has 0 bridgehead atoms. The molecule has 4 heteroatoms. The summed E-state index contributed by atoms with van der Waals surface area (Å²) in [6.07, 6.45) is 0. The van der Waals surface area contributed by atoms with E-state index in [0.29, 0.717) is 0 Å². The number of halogens is 1. The standard InChI is InChI=1S/C12H18ClN3/c1-15-4-6-16(7-5-15)9-10-8-11(14)2-3-12(10)13/h2-3,8H,4-7,9,14H2,1H3. The van der Waals surface area contributed by atoms with Gasteiger partial charge in [-0.15, -0.1) is 0 Å². The highest BCUT2D eigenvalue weighted by atomic mass is 35.5. The minimum absolute atomic E-state index is 0.786. The van der Waals surface area contributed by atoms with Crippen LogP contribution in [-0.4, -0.2) is 43.0 Å². The molecule has 88 valence electrons. The third-order valence-electron chi connectivity index (χ3n) is 3.06. The fourth-order valence-corrected chi connectivity index (χ4v) is 2.14. The molecule has 1 aliphatic rings. The Hall–Kier alpha value is -0.770. The van der Waals surface area contributed by atoms with Crippen molar-refractivity contribution in [3.05, 3.63) is 28.8 Å². The van der Waals surface area contributed by atoms with Crippen molar-refractivity contribution in [1.82, 2.24) is 9.80 Å². The third kappa shape index (κ3) is 2.88. The Kier molecular flexibility index (Phi) is 3.69. The minimum atomic E-state index is 0.786. The molecule has 16 heavy (non-hydrogen) atoms. The molecule has 0 saturated carbocycles. The first-order valence-corrected chi connectivity index (χ1v) is 5.98. The lowest BCUT2D eigenvalue weighted by Crippen LogP contribution is -2.43. The number of rotatable bonds is 2. The first kappa shape index (κ1) is 11.7. The van der Waals surface area contributed by atoms with E-state index in [9.17, 15) is 0 Å². The average molecular weight is 240 g/mol. The normalized spacial score (nSPS) is 18.9. The molecule has 1 saturated heterocycles. The van der Waals surface area contributed by atoms with E-state index in [1.165, 1.54) is 0 Å². The molecule has 0 unspecified atom stereocenters. The zero-order valence-corrected chi connectivity index (χ0v) is 10.4. The second-order valence-corrected chi connectivity index (χ2v) is 4.84. The second-order valence-electron chi connectivity index (χ2n) is 4.43. The highest BCUT2D eigenvalue weighted by Gasteiger charge is 2.14. The largest absolute Gasteiger partial charge is 0.399 e. The second kappa shape index (κ2) is 5.04. The van der Waals surface area contributed by atoms with Gasteiger partial charge in [-0.3, -0.25) is 4.90 Å². The Labute approximate surface area is 102 Å². The molecule has 1 aromatic carbocycles. The lowest BCUT2D eigenvalue weighted by molar-refractivity contribution is 0.148. The summed E-state index contributed by atoms with van der Waals surface area (Å²) in [5.74, 6) is 0. The number of benzene rings is 1. The van der Waals surface area contributed by atoms with Crippen LogP contribution in [0, 0.1) is 0 Å². The molecule has 3 nitrogen and oxygen atoms in total. The predicted octanol–water partition coefficient (Wildman–Crippen LogP) is 1.67. The average Bonchev–Trinajstić information content (AvgIpc) is 2.27. The Morgan fingerprint density at radius 2 is 1.94 bits per heavy atom. The van der Waals surface area contributed by atoms with Crippen LogP contribution in [0.4, 0.5) is 5.69 Å². The van der Waals surface area contributed by atoms with Crippen molar-refractivity contribution in [2.75, 3.05) is 39.0 Å². The molecular formula is C12H18ClN3. The van der Waals surface area contributed by atoms with Gasteiger partial charge in [0, 0.05) is 43.4 Å². The minimum Gasteiger partial charge on any atom is -0.399 e. The van der Waals surface area contributed by atoms with Gasteiger partial charge in [-0.2, -0.15) is 0 Å². The maximum atomic E-state index is 6.15. The van der Waals surface area contributed by atoms with Crippen molar-refractivity contribution in [2.45, 2.75) is 6.54 Å². The van der Waals surface area contributed by atoms with Crippen molar-refractivity contribution >= 4 is 17.3 Å². The van der Waals surface area contributed by atoms with E-state index in [-0.39, 0.29) is 0 Å². The van der Waals surface area contributed by atoms with E-state index in [2.05, 4.69) is 16.8 Å². The molecule has 0 aliphatic carbocycles. The van der Waals surface area contributed by atoms with Crippen LogP contribution < -0.4 is 5.73 Å². The van der Waals surface area contributed by atoms with E-state index < -0.39 is 0 Å². The molecule has 2 N–H and O–H groups in total. The first-order chi connectivity index (χ1) is 7.65. The van der Waals surface area contributed by atoms with Crippen LogP contribution >= 0.6 is 11.6 Å². The van der Waals surface area contributed by atoms with Crippen LogP contribution in [0.15, 0.2) is 18.2 Å². The molecule has 0 aromatic heterocycles. The molecule has 1 aromatic rings. The predicted molar refractivity (Wildman–Crippen MR) is 68.6 cm³/mol. The Morgan fingerprint density at radius 3 is 2.62 bits per heavy atom. The summed E-state index contributed by atoms with van der Waals surface area (Å²) in [7, 11) is 2.16. The van der Waals surface area contributed by atoms with Crippen molar-refractivity contribution in [1.29, 1.82) is 0 Å².